The lowest BCUT2D eigenvalue weighted by Gasteiger charge is -2.26. The molecule has 1 N–H and O–H groups in total. The lowest BCUT2D eigenvalue weighted by molar-refractivity contribution is 0.129. The predicted octanol–water partition coefficient (Wildman–Crippen LogP) is 3.34. The molecule has 3 nitrogen and oxygen atoms in total. The molecule has 0 unspecified atom stereocenters. The van der Waals surface area contributed by atoms with Crippen molar-refractivity contribution in [3.05, 3.63) is 59.2 Å². The lowest BCUT2D eigenvalue weighted by Crippen LogP contribution is -2.24. The fourth-order valence-corrected chi connectivity index (χ4v) is 3.72. The van der Waals surface area contributed by atoms with Crippen LogP contribution in [0, 0.1) is 5.41 Å². The number of aryl methyl sites for hydroxylation is 2. The molecule has 2 atom stereocenters. The van der Waals surface area contributed by atoms with Gasteiger partial charge in [0.15, 0.2) is 0 Å². The maximum absolute atomic E-state index is 9.63. The third-order valence-electron chi connectivity index (χ3n) is 5.30. The van der Waals surface area contributed by atoms with Crippen LogP contribution in [0.25, 0.3) is 0 Å². The van der Waals surface area contributed by atoms with Gasteiger partial charge in [0.1, 0.15) is 11.5 Å². The zero-order chi connectivity index (χ0) is 15.9. The first-order chi connectivity index (χ1) is 11.3. The Labute approximate surface area is 136 Å². The van der Waals surface area contributed by atoms with Gasteiger partial charge in [0, 0.05) is 16.9 Å². The summed E-state index contributed by atoms with van der Waals surface area (Å²) in [6, 6.07) is 14.8. The summed E-state index contributed by atoms with van der Waals surface area (Å²) in [6.45, 7) is 0.808. The standard InChI is InChI=1S/C20H22O3/c1-22-17-9-15(8-7-14-5-3-2-4-6-14)10-18-19(17)16-11-20(16,12-21)13-23-18/h2-6,9-10,16,21H,7-8,11-13H2,1H3/t16-,20-/m1/s1. The van der Waals surface area contributed by atoms with Crippen molar-refractivity contribution in [2.75, 3.05) is 20.3 Å². The summed E-state index contributed by atoms with van der Waals surface area (Å²) in [6.07, 6.45) is 2.97. The van der Waals surface area contributed by atoms with E-state index in [2.05, 4.69) is 36.4 Å². The highest BCUT2D eigenvalue weighted by atomic mass is 16.5. The molecule has 4 rings (SSSR count). The molecule has 1 heterocycles. The quantitative estimate of drug-likeness (QED) is 0.920. The van der Waals surface area contributed by atoms with Crippen LogP contribution in [0.3, 0.4) is 0 Å². The van der Waals surface area contributed by atoms with E-state index in [4.69, 9.17) is 9.47 Å². The Morgan fingerprint density at radius 2 is 1.96 bits per heavy atom. The number of ether oxygens (including phenoxy) is 2. The first-order valence-electron chi connectivity index (χ1n) is 8.24. The summed E-state index contributed by atoms with van der Waals surface area (Å²) in [5.74, 6) is 2.24. The van der Waals surface area contributed by atoms with Crippen LogP contribution in [0.15, 0.2) is 42.5 Å². The Morgan fingerprint density at radius 1 is 1.17 bits per heavy atom. The van der Waals surface area contributed by atoms with Crippen molar-refractivity contribution >= 4 is 0 Å². The summed E-state index contributed by atoms with van der Waals surface area (Å²) < 4.78 is 11.6. The summed E-state index contributed by atoms with van der Waals surface area (Å²) >= 11 is 0. The third-order valence-corrected chi connectivity index (χ3v) is 5.30. The molecule has 23 heavy (non-hydrogen) atoms. The average molecular weight is 310 g/mol. The van der Waals surface area contributed by atoms with Crippen molar-refractivity contribution in [3.8, 4) is 11.5 Å². The molecule has 0 spiro atoms. The first kappa shape index (κ1) is 14.6. The highest BCUT2D eigenvalue weighted by Gasteiger charge is 2.59. The smallest absolute Gasteiger partial charge is 0.126 e. The van der Waals surface area contributed by atoms with Crippen molar-refractivity contribution < 1.29 is 14.6 Å². The molecule has 1 saturated carbocycles. The molecule has 3 heteroatoms. The van der Waals surface area contributed by atoms with E-state index in [0.29, 0.717) is 12.5 Å². The van der Waals surface area contributed by atoms with Gasteiger partial charge >= 0.3 is 0 Å². The normalized spacial score (nSPS) is 24.3. The van der Waals surface area contributed by atoms with Crippen molar-refractivity contribution in [1.82, 2.24) is 0 Å². The Balaban J connectivity index is 1.59. The molecule has 2 aromatic carbocycles. The highest BCUT2D eigenvalue weighted by molar-refractivity contribution is 5.55. The molecule has 1 aliphatic carbocycles. The van der Waals surface area contributed by atoms with Gasteiger partial charge in [0.2, 0.25) is 0 Å². The molecule has 0 amide bonds. The second-order valence-corrected chi connectivity index (χ2v) is 6.76. The summed E-state index contributed by atoms with van der Waals surface area (Å²) in [5, 5.41) is 9.63. The van der Waals surface area contributed by atoms with E-state index in [9.17, 15) is 5.11 Å². The van der Waals surface area contributed by atoms with Crippen LogP contribution in [0.4, 0.5) is 0 Å². The van der Waals surface area contributed by atoms with Crippen LogP contribution in [-0.2, 0) is 12.8 Å². The fourth-order valence-electron chi connectivity index (χ4n) is 3.72. The zero-order valence-electron chi connectivity index (χ0n) is 13.4. The van der Waals surface area contributed by atoms with Gasteiger partial charge in [-0.2, -0.15) is 0 Å². The van der Waals surface area contributed by atoms with Crippen LogP contribution in [-0.4, -0.2) is 25.4 Å². The molecular formula is C20H22O3. The number of aliphatic hydroxyl groups is 1. The SMILES string of the molecule is COc1cc(CCc2ccccc2)cc2c1[C@H]1C[C@@]1(CO)CO2. The lowest BCUT2D eigenvalue weighted by atomic mass is 9.94. The van der Waals surface area contributed by atoms with E-state index in [1.54, 1.807) is 7.11 Å². The zero-order valence-corrected chi connectivity index (χ0v) is 13.4. The molecule has 0 bridgehead atoms. The van der Waals surface area contributed by atoms with E-state index in [0.717, 1.165) is 36.3 Å². The van der Waals surface area contributed by atoms with Gasteiger partial charge in [-0.25, -0.2) is 0 Å². The van der Waals surface area contributed by atoms with Gasteiger partial charge in [0.05, 0.1) is 20.3 Å². The fraction of sp³-hybridized carbons (Fsp3) is 0.400. The summed E-state index contributed by atoms with van der Waals surface area (Å²) in [7, 11) is 1.72. The minimum absolute atomic E-state index is 0.0637. The van der Waals surface area contributed by atoms with Gasteiger partial charge in [-0.05, 0) is 42.5 Å². The summed E-state index contributed by atoms with van der Waals surface area (Å²) in [4.78, 5) is 0. The van der Waals surface area contributed by atoms with Crippen molar-refractivity contribution in [2.24, 2.45) is 5.41 Å². The molecular weight excluding hydrogens is 288 g/mol. The minimum Gasteiger partial charge on any atom is -0.496 e. The molecule has 0 aromatic heterocycles. The highest BCUT2D eigenvalue weighted by Crippen LogP contribution is 2.65. The maximum Gasteiger partial charge on any atom is 0.126 e. The second-order valence-electron chi connectivity index (χ2n) is 6.76. The Kier molecular flexibility index (Phi) is 3.53. The number of hydrogen-bond donors (Lipinski definition) is 1. The molecule has 2 aromatic rings. The van der Waals surface area contributed by atoms with Crippen LogP contribution in [0.1, 0.15) is 29.0 Å². The molecule has 2 aliphatic rings. The molecule has 0 radical (unpaired) electrons. The number of benzene rings is 2. The van der Waals surface area contributed by atoms with Gasteiger partial charge < -0.3 is 14.6 Å². The molecule has 120 valence electrons. The van der Waals surface area contributed by atoms with Crippen LogP contribution in [0.2, 0.25) is 0 Å². The van der Waals surface area contributed by atoms with Gasteiger partial charge in [-0.3, -0.25) is 0 Å². The van der Waals surface area contributed by atoms with E-state index in [1.165, 1.54) is 11.1 Å². The number of methoxy groups -OCH3 is 1. The van der Waals surface area contributed by atoms with E-state index >= 15 is 0 Å². The second kappa shape index (κ2) is 5.57. The monoisotopic (exact) mass is 310 g/mol. The largest absolute Gasteiger partial charge is 0.496 e. The Morgan fingerprint density at radius 3 is 2.70 bits per heavy atom. The van der Waals surface area contributed by atoms with Gasteiger partial charge in [0.25, 0.3) is 0 Å². The first-order valence-corrected chi connectivity index (χ1v) is 8.24. The van der Waals surface area contributed by atoms with Crippen molar-refractivity contribution in [2.45, 2.75) is 25.2 Å². The van der Waals surface area contributed by atoms with E-state index < -0.39 is 0 Å². The van der Waals surface area contributed by atoms with Crippen molar-refractivity contribution in [1.29, 1.82) is 0 Å². The van der Waals surface area contributed by atoms with Crippen molar-refractivity contribution in [3.63, 3.8) is 0 Å². The van der Waals surface area contributed by atoms with Gasteiger partial charge in [-0.15, -0.1) is 0 Å². The maximum atomic E-state index is 9.63. The van der Waals surface area contributed by atoms with Gasteiger partial charge in [-0.1, -0.05) is 30.3 Å². The number of rotatable bonds is 5. The number of fused-ring (bicyclic) bond motifs is 3. The van der Waals surface area contributed by atoms with E-state index in [-0.39, 0.29) is 12.0 Å². The average Bonchev–Trinajstić information content (AvgIpc) is 3.35. The number of hydrogen-bond acceptors (Lipinski definition) is 3. The Bertz CT molecular complexity index is 693. The van der Waals surface area contributed by atoms with E-state index in [1.807, 2.05) is 6.07 Å². The third kappa shape index (κ3) is 2.49. The van der Waals surface area contributed by atoms with Crippen LogP contribution in [0.5, 0.6) is 11.5 Å². The minimum atomic E-state index is -0.0637. The topological polar surface area (TPSA) is 38.7 Å². The van der Waals surface area contributed by atoms with Crippen LogP contribution < -0.4 is 9.47 Å². The van der Waals surface area contributed by atoms with Crippen LogP contribution >= 0.6 is 0 Å². The molecule has 1 aliphatic heterocycles. The Hall–Kier alpha value is -2.00. The molecule has 1 fully saturated rings. The summed E-state index contributed by atoms with van der Waals surface area (Å²) in [5.41, 5.74) is 3.66. The number of aliphatic hydroxyl groups excluding tert-OH is 1. The predicted molar refractivity (Wildman–Crippen MR) is 89.2 cm³/mol. The molecule has 0 saturated heterocycles.